The second-order valence-electron chi connectivity index (χ2n) is 4.90. The molecule has 1 aliphatic carbocycles. The molecule has 0 unspecified atom stereocenters. The maximum Gasteiger partial charge on any atom is 0.209 e. The van der Waals surface area contributed by atoms with Crippen molar-refractivity contribution in [2.75, 3.05) is 18.8 Å². The lowest BCUT2D eigenvalue weighted by atomic mass is 9.95. The van der Waals surface area contributed by atoms with Crippen LogP contribution in [0.3, 0.4) is 0 Å². The highest BCUT2D eigenvalue weighted by atomic mass is 32.2. The molecule has 2 N–H and O–H groups in total. The summed E-state index contributed by atoms with van der Waals surface area (Å²) in [5.74, 6) is 0.682. The van der Waals surface area contributed by atoms with Crippen LogP contribution in [0.2, 0.25) is 0 Å². The maximum absolute atomic E-state index is 10.4. The molecule has 2 aliphatic rings. The predicted molar refractivity (Wildman–Crippen MR) is 63.9 cm³/mol. The van der Waals surface area contributed by atoms with Crippen molar-refractivity contribution in [3.8, 4) is 0 Å². The van der Waals surface area contributed by atoms with Crippen molar-refractivity contribution in [3.05, 3.63) is 0 Å². The van der Waals surface area contributed by atoms with Gasteiger partial charge >= 0.3 is 0 Å². The Hall–Kier alpha value is -0.660. The van der Waals surface area contributed by atoms with Gasteiger partial charge in [0.05, 0.1) is 11.6 Å². The third-order valence-corrected chi connectivity index (χ3v) is 4.57. The highest BCUT2D eigenvalue weighted by molar-refractivity contribution is 7.99. The van der Waals surface area contributed by atoms with E-state index in [1.165, 1.54) is 12.8 Å². The molecule has 0 bridgehead atoms. The fourth-order valence-corrected chi connectivity index (χ4v) is 3.16. The largest absolute Gasteiger partial charge is 0.389 e. The third-order valence-electron chi connectivity index (χ3n) is 3.36. The Balaban J connectivity index is 1.60. The fourth-order valence-electron chi connectivity index (χ4n) is 2.06. The minimum absolute atomic E-state index is 0.496. The van der Waals surface area contributed by atoms with E-state index in [-0.39, 0.29) is 0 Å². The van der Waals surface area contributed by atoms with Gasteiger partial charge in [0.15, 0.2) is 0 Å². The molecule has 3 rings (SSSR count). The molecular weight excluding hydrogens is 238 g/mol. The zero-order valence-electron chi connectivity index (χ0n) is 9.67. The van der Waals surface area contributed by atoms with E-state index in [0.717, 1.165) is 31.1 Å². The Labute approximate surface area is 104 Å². The van der Waals surface area contributed by atoms with Crippen LogP contribution in [0.1, 0.15) is 31.7 Å². The molecule has 1 aromatic rings. The van der Waals surface area contributed by atoms with Crippen molar-refractivity contribution in [3.63, 3.8) is 0 Å². The second kappa shape index (κ2) is 4.55. The van der Waals surface area contributed by atoms with Crippen LogP contribution in [-0.4, -0.2) is 49.8 Å². The molecule has 1 saturated heterocycles. The number of nitrogens with one attached hydrogen (secondary N) is 1. The molecule has 2 heterocycles. The van der Waals surface area contributed by atoms with Crippen LogP contribution in [0, 0.1) is 0 Å². The topological polar surface area (TPSA) is 75.9 Å². The summed E-state index contributed by atoms with van der Waals surface area (Å²) in [6, 6.07) is 0.496. The van der Waals surface area contributed by atoms with E-state index in [1.54, 1.807) is 11.8 Å². The van der Waals surface area contributed by atoms with E-state index in [2.05, 4.69) is 20.8 Å². The molecule has 2 fully saturated rings. The molecule has 94 valence electrons. The number of nitrogens with zero attached hydrogens (tertiary/aromatic N) is 4. The summed E-state index contributed by atoms with van der Waals surface area (Å²) in [5, 5.41) is 26.2. The molecular formula is C10H17N5OS. The van der Waals surface area contributed by atoms with Crippen LogP contribution >= 0.6 is 11.8 Å². The number of aliphatic hydroxyl groups is 1. The monoisotopic (exact) mass is 255 g/mol. The van der Waals surface area contributed by atoms with Crippen LogP contribution in [0.4, 0.5) is 0 Å². The maximum atomic E-state index is 10.4. The van der Waals surface area contributed by atoms with Crippen molar-refractivity contribution >= 4 is 11.8 Å². The average molecular weight is 255 g/mol. The van der Waals surface area contributed by atoms with E-state index in [4.69, 9.17) is 0 Å². The fraction of sp³-hybridized carbons (Fsp3) is 0.900. The van der Waals surface area contributed by atoms with Crippen molar-refractivity contribution < 1.29 is 5.11 Å². The summed E-state index contributed by atoms with van der Waals surface area (Å²) in [7, 11) is 0. The highest BCUT2D eigenvalue weighted by Gasteiger charge is 2.32. The van der Waals surface area contributed by atoms with Gasteiger partial charge in [0, 0.05) is 5.75 Å². The summed E-state index contributed by atoms with van der Waals surface area (Å²) >= 11 is 1.58. The number of hydrogen-bond acceptors (Lipinski definition) is 6. The van der Waals surface area contributed by atoms with Crippen LogP contribution in [0.25, 0.3) is 0 Å². The first-order valence-corrected chi connectivity index (χ1v) is 7.09. The van der Waals surface area contributed by atoms with Gasteiger partial charge in [0.2, 0.25) is 5.16 Å². The van der Waals surface area contributed by atoms with Gasteiger partial charge in [-0.3, -0.25) is 0 Å². The van der Waals surface area contributed by atoms with Crippen molar-refractivity contribution in [1.29, 1.82) is 0 Å². The number of aromatic nitrogens is 4. The Bertz CT molecular complexity index is 386. The van der Waals surface area contributed by atoms with Gasteiger partial charge in [0.25, 0.3) is 0 Å². The Morgan fingerprint density at radius 3 is 2.88 bits per heavy atom. The molecule has 0 aromatic carbocycles. The molecule has 6 nitrogen and oxygen atoms in total. The first kappa shape index (κ1) is 11.4. The van der Waals surface area contributed by atoms with Crippen molar-refractivity contribution in [2.45, 2.75) is 42.5 Å². The summed E-state index contributed by atoms with van der Waals surface area (Å²) in [6.45, 7) is 1.79. The first-order valence-electron chi connectivity index (χ1n) is 6.11. The normalized spacial score (nSPS) is 23.8. The van der Waals surface area contributed by atoms with Gasteiger partial charge < -0.3 is 10.4 Å². The SMILES string of the molecule is OC1(CSc2nnnn2C2CC2)CCNCC1. The third kappa shape index (κ3) is 2.61. The lowest BCUT2D eigenvalue weighted by Gasteiger charge is -2.31. The quantitative estimate of drug-likeness (QED) is 0.749. The smallest absolute Gasteiger partial charge is 0.209 e. The standard InChI is InChI=1S/C10H17N5OS/c16-10(3-5-11-6-4-10)7-17-9-12-13-14-15(9)8-1-2-8/h8,11,16H,1-7H2. The number of thioether (sulfide) groups is 1. The summed E-state index contributed by atoms with van der Waals surface area (Å²) in [4.78, 5) is 0. The zero-order valence-corrected chi connectivity index (χ0v) is 10.5. The molecule has 0 radical (unpaired) electrons. The summed E-state index contributed by atoms with van der Waals surface area (Å²) in [5.41, 5.74) is -0.559. The first-order chi connectivity index (χ1) is 8.27. The molecule has 0 amide bonds. The number of hydrogen-bond donors (Lipinski definition) is 2. The lowest BCUT2D eigenvalue weighted by molar-refractivity contribution is 0.0338. The van der Waals surface area contributed by atoms with E-state index in [0.29, 0.717) is 11.8 Å². The lowest BCUT2D eigenvalue weighted by Crippen LogP contribution is -2.43. The van der Waals surface area contributed by atoms with Crippen LogP contribution in [0.5, 0.6) is 0 Å². The Kier molecular flexibility index (Phi) is 3.06. The molecule has 7 heteroatoms. The molecule has 1 saturated carbocycles. The Morgan fingerprint density at radius 1 is 1.41 bits per heavy atom. The average Bonchev–Trinajstić information content (AvgIpc) is 3.07. The molecule has 1 aromatic heterocycles. The van der Waals surface area contributed by atoms with Gasteiger partial charge in [-0.15, -0.1) is 5.10 Å². The van der Waals surface area contributed by atoms with Crippen LogP contribution < -0.4 is 5.32 Å². The molecule has 1 aliphatic heterocycles. The minimum atomic E-state index is -0.559. The highest BCUT2D eigenvalue weighted by Crippen LogP contribution is 2.37. The van der Waals surface area contributed by atoms with Crippen molar-refractivity contribution in [1.82, 2.24) is 25.5 Å². The number of tetrazole rings is 1. The van der Waals surface area contributed by atoms with E-state index < -0.39 is 5.60 Å². The van der Waals surface area contributed by atoms with Gasteiger partial charge in [0.1, 0.15) is 0 Å². The number of piperidine rings is 1. The molecule has 0 atom stereocenters. The van der Waals surface area contributed by atoms with Crippen LogP contribution in [-0.2, 0) is 0 Å². The van der Waals surface area contributed by atoms with E-state index in [1.807, 2.05) is 4.68 Å². The molecule has 17 heavy (non-hydrogen) atoms. The van der Waals surface area contributed by atoms with Gasteiger partial charge in [-0.1, -0.05) is 11.8 Å². The predicted octanol–water partition coefficient (Wildman–Crippen LogP) is 0.215. The number of rotatable bonds is 4. The minimum Gasteiger partial charge on any atom is -0.389 e. The van der Waals surface area contributed by atoms with E-state index >= 15 is 0 Å². The second-order valence-corrected chi connectivity index (χ2v) is 5.84. The van der Waals surface area contributed by atoms with Crippen molar-refractivity contribution in [2.24, 2.45) is 0 Å². The zero-order chi connectivity index (χ0) is 11.7. The van der Waals surface area contributed by atoms with Gasteiger partial charge in [-0.05, 0) is 49.2 Å². The van der Waals surface area contributed by atoms with E-state index in [9.17, 15) is 5.11 Å². The summed E-state index contributed by atoms with van der Waals surface area (Å²) < 4.78 is 1.90. The van der Waals surface area contributed by atoms with Gasteiger partial charge in [-0.2, -0.15) is 0 Å². The van der Waals surface area contributed by atoms with Crippen LogP contribution in [0.15, 0.2) is 5.16 Å². The Morgan fingerprint density at radius 2 is 2.18 bits per heavy atom. The molecule has 0 spiro atoms. The summed E-state index contributed by atoms with van der Waals surface area (Å²) in [6.07, 6.45) is 3.97. The van der Waals surface area contributed by atoms with Gasteiger partial charge in [-0.25, -0.2) is 4.68 Å².